The van der Waals surface area contributed by atoms with E-state index in [9.17, 15) is 9.59 Å². The first-order valence-electron chi connectivity index (χ1n) is 7.36. The highest BCUT2D eigenvalue weighted by atomic mass is 16.4. The van der Waals surface area contributed by atoms with E-state index in [1.807, 2.05) is 42.4 Å². The minimum absolute atomic E-state index is 0.0717. The van der Waals surface area contributed by atoms with Crippen LogP contribution in [-0.2, 0) is 4.79 Å². The van der Waals surface area contributed by atoms with E-state index in [1.165, 1.54) is 0 Å². The van der Waals surface area contributed by atoms with Gasteiger partial charge in [0.2, 0.25) is 0 Å². The number of benzene rings is 1. The van der Waals surface area contributed by atoms with Crippen molar-refractivity contribution < 1.29 is 14.7 Å². The Morgan fingerprint density at radius 3 is 2.64 bits per heavy atom. The summed E-state index contributed by atoms with van der Waals surface area (Å²) in [7, 11) is 1.86. The second-order valence-corrected chi connectivity index (χ2v) is 5.38. The first-order chi connectivity index (χ1) is 10.5. The molecule has 0 radical (unpaired) electrons. The van der Waals surface area contributed by atoms with Crippen molar-refractivity contribution in [3.8, 4) is 0 Å². The molecule has 1 aliphatic rings. The molecule has 1 aliphatic heterocycles. The Balaban J connectivity index is 1.93. The van der Waals surface area contributed by atoms with Crippen LogP contribution < -0.4 is 16.1 Å². The van der Waals surface area contributed by atoms with E-state index in [0.29, 0.717) is 6.54 Å². The third-order valence-corrected chi connectivity index (χ3v) is 3.91. The molecule has 0 bridgehead atoms. The molecule has 22 heavy (non-hydrogen) atoms. The van der Waals surface area contributed by atoms with Gasteiger partial charge < -0.3 is 16.2 Å². The monoisotopic (exact) mass is 306 g/mol. The van der Waals surface area contributed by atoms with Crippen LogP contribution in [0.1, 0.15) is 19.3 Å². The number of nitrogens with one attached hydrogen (secondary N) is 1. The van der Waals surface area contributed by atoms with Gasteiger partial charge in [0.15, 0.2) is 0 Å². The maximum absolute atomic E-state index is 12.4. The molecule has 1 heterocycles. The number of nitrogens with two attached hydrogens (primary N) is 1. The Kier molecular flexibility index (Phi) is 5.35. The molecule has 0 saturated carbocycles. The fraction of sp³-hybridized carbons (Fsp3) is 0.467. The van der Waals surface area contributed by atoms with Crippen LogP contribution in [0.15, 0.2) is 30.3 Å². The SMILES string of the molecule is CN1C(CCCCNC(=O)O)C(N)C(=O)N1c1ccccc1. The van der Waals surface area contributed by atoms with E-state index in [2.05, 4.69) is 5.32 Å². The van der Waals surface area contributed by atoms with Gasteiger partial charge in [-0.15, -0.1) is 0 Å². The summed E-state index contributed by atoms with van der Waals surface area (Å²) < 4.78 is 0. The number of nitrogens with zero attached hydrogens (tertiary/aromatic N) is 2. The third-order valence-electron chi connectivity index (χ3n) is 3.91. The van der Waals surface area contributed by atoms with Crippen LogP contribution in [0.3, 0.4) is 0 Å². The number of hydrogen-bond donors (Lipinski definition) is 3. The average molecular weight is 306 g/mol. The van der Waals surface area contributed by atoms with Crippen molar-refractivity contribution in [2.45, 2.75) is 31.3 Å². The highest BCUT2D eigenvalue weighted by Gasteiger charge is 2.42. The number of carbonyl (C=O) groups excluding carboxylic acids is 1. The molecule has 1 saturated heterocycles. The predicted octanol–water partition coefficient (Wildman–Crippen LogP) is 1.01. The smallest absolute Gasteiger partial charge is 0.404 e. The Hall–Kier alpha value is -2.12. The zero-order valence-corrected chi connectivity index (χ0v) is 12.6. The van der Waals surface area contributed by atoms with Crippen molar-refractivity contribution in [1.82, 2.24) is 10.3 Å². The summed E-state index contributed by atoms with van der Waals surface area (Å²) >= 11 is 0. The lowest BCUT2D eigenvalue weighted by Crippen LogP contribution is -2.40. The van der Waals surface area contributed by atoms with Crippen LogP contribution in [0.5, 0.6) is 0 Å². The summed E-state index contributed by atoms with van der Waals surface area (Å²) in [5.41, 5.74) is 6.87. The maximum atomic E-state index is 12.4. The minimum Gasteiger partial charge on any atom is -0.465 e. The molecule has 7 heteroatoms. The maximum Gasteiger partial charge on any atom is 0.404 e. The number of hydrogen-bond acceptors (Lipinski definition) is 4. The van der Waals surface area contributed by atoms with Crippen LogP contribution in [0.2, 0.25) is 0 Å². The number of anilines is 1. The van der Waals surface area contributed by atoms with Crippen molar-refractivity contribution in [3.05, 3.63) is 30.3 Å². The van der Waals surface area contributed by atoms with E-state index in [0.717, 1.165) is 24.9 Å². The van der Waals surface area contributed by atoms with Gasteiger partial charge in [-0.1, -0.05) is 18.2 Å². The van der Waals surface area contributed by atoms with E-state index in [4.69, 9.17) is 10.8 Å². The largest absolute Gasteiger partial charge is 0.465 e. The van der Waals surface area contributed by atoms with Gasteiger partial charge in [0, 0.05) is 13.6 Å². The van der Waals surface area contributed by atoms with Gasteiger partial charge in [0.1, 0.15) is 6.04 Å². The minimum atomic E-state index is -1.01. The Morgan fingerprint density at radius 1 is 1.32 bits per heavy atom. The average Bonchev–Trinajstić information content (AvgIpc) is 2.71. The summed E-state index contributed by atoms with van der Waals surface area (Å²) in [5, 5.41) is 14.3. The normalized spacial score (nSPS) is 22.1. The van der Waals surface area contributed by atoms with E-state index < -0.39 is 12.1 Å². The van der Waals surface area contributed by atoms with Gasteiger partial charge in [-0.2, -0.15) is 0 Å². The highest BCUT2D eigenvalue weighted by Crippen LogP contribution is 2.27. The van der Waals surface area contributed by atoms with Crippen molar-refractivity contribution >= 4 is 17.7 Å². The third kappa shape index (κ3) is 3.55. The lowest BCUT2D eigenvalue weighted by atomic mass is 10.0. The van der Waals surface area contributed by atoms with Crippen LogP contribution >= 0.6 is 0 Å². The van der Waals surface area contributed by atoms with Crippen molar-refractivity contribution in [3.63, 3.8) is 0 Å². The number of carboxylic acid groups (broad SMARTS) is 1. The zero-order chi connectivity index (χ0) is 16.1. The number of para-hydroxylation sites is 1. The molecule has 1 aromatic carbocycles. The fourth-order valence-corrected chi connectivity index (χ4v) is 2.76. The highest BCUT2D eigenvalue weighted by molar-refractivity contribution is 5.98. The zero-order valence-electron chi connectivity index (χ0n) is 12.6. The molecule has 2 rings (SSSR count). The number of carbonyl (C=O) groups is 2. The van der Waals surface area contributed by atoms with Crippen LogP contribution in [0.25, 0.3) is 0 Å². The van der Waals surface area contributed by atoms with Gasteiger partial charge in [0.25, 0.3) is 5.91 Å². The van der Waals surface area contributed by atoms with Crippen LogP contribution in [0.4, 0.5) is 10.5 Å². The van der Waals surface area contributed by atoms with Crippen LogP contribution in [0, 0.1) is 0 Å². The van der Waals surface area contributed by atoms with Crippen LogP contribution in [-0.4, -0.2) is 47.8 Å². The molecular weight excluding hydrogens is 284 g/mol. The number of hydrazine groups is 1. The molecule has 1 aromatic rings. The first kappa shape index (κ1) is 16.3. The predicted molar refractivity (Wildman–Crippen MR) is 83.3 cm³/mol. The summed E-state index contributed by atoms with van der Waals surface area (Å²) in [5.74, 6) is -0.109. The van der Waals surface area contributed by atoms with Crippen molar-refractivity contribution in [1.29, 1.82) is 0 Å². The Bertz CT molecular complexity index is 523. The lowest BCUT2D eigenvalue weighted by Gasteiger charge is -2.28. The fourth-order valence-electron chi connectivity index (χ4n) is 2.76. The van der Waals surface area contributed by atoms with E-state index >= 15 is 0 Å². The molecule has 7 nitrogen and oxygen atoms in total. The molecule has 0 spiro atoms. The molecule has 0 aromatic heterocycles. The summed E-state index contributed by atoms with van der Waals surface area (Å²) in [6.07, 6.45) is 1.26. The molecule has 2 atom stereocenters. The van der Waals surface area contributed by atoms with Crippen molar-refractivity contribution in [2.75, 3.05) is 18.6 Å². The molecule has 2 amide bonds. The first-order valence-corrected chi connectivity index (χ1v) is 7.36. The molecule has 120 valence electrons. The second kappa shape index (κ2) is 7.24. The number of amides is 2. The number of likely N-dealkylation sites (N-methyl/N-ethyl adjacent to an activating group) is 1. The summed E-state index contributed by atoms with van der Waals surface area (Å²) in [4.78, 5) is 22.7. The standard InChI is InChI=1S/C15H22N4O3/c1-18-12(9-5-6-10-17-15(21)22)13(16)14(20)19(18)11-7-3-2-4-8-11/h2-4,7-8,12-13,17H,5-6,9-10,16H2,1H3,(H,21,22). The topological polar surface area (TPSA) is 98.9 Å². The molecular formula is C15H22N4O3. The molecule has 4 N–H and O–H groups in total. The second-order valence-electron chi connectivity index (χ2n) is 5.38. The number of unbranched alkanes of at least 4 members (excludes halogenated alkanes) is 1. The lowest BCUT2D eigenvalue weighted by molar-refractivity contribution is -0.118. The van der Waals surface area contributed by atoms with Gasteiger partial charge in [-0.05, 0) is 31.4 Å². The van der Waals surface area contributed by atoms with Gasteiger partial charge in [-0.25, -0.2) is 14.8 Å². The van der Waals surface area contributed by atoms with Gasteiger partial charge in [0.05, 0.1) is 11.7 Å². The van der Waals surface area contributed by atoms with E-state index in [-0.39, 0.29) is 11.9 Å². The molecule has 2 unspecified atom stereocenters. The Labute approximate surface area is 129 Å². The van der Waals surface area contributed by atoms with Gasteiger partial charge >= 0.3 is 6.09 Å². The van der Waals surface area contributed by atoms with E-state index in [1.54, 1.807) is 5.01 Å². The quantitative estimate of drug-likeness (QED) is 0.681. The van der Waals surface area contributed by atoms with Gasteiger partial charge in [-0.3, -0.25) is 4.79 Å². The summed E-state index contributed by atoms with van der Waals surface area (Å²) in [6.45, 7) is 0.414. The molecule has 0 aliphatic carbocycles. The Morgan fingerprint density at radius 2 is 2.00 bits per heavy atom. The number of rotatable bonds is 6. The van der Waals surface area contributed by atoms with Crippen molar-refractivity contribution in [2.24, 2.45) is 5.73 Å². The summed E-state index contributed by atoms with van der Waals surface area (Å²) in [6, 6.07) is 8.78. The molecule has 1 fully saturated rings.